The zero-order valence-corrected chi connectivity index (χ0v) is 41.8. The minimum absolute atomic E-state index is 0.181. The van der Waals surface area contributed by atoms with Crippen molar-refractivity contribution in [1.29, 1.82) is 5.26 Å². The molecule has 4 heterocycles. The lowest BCUT2D eigenvalue weighted by Crippen LogP contribution is -2.44. The minimum atomic E-state index is -1.60. The first-order valence-electron chi connectivity index (χ1n) is 21.5. The number of hydrogen-bond donors (Lipinski definition) is 0. The molecule has 0 amide bonds. The molecule has 4 aromatic heterocycles. The van der Waals surface area contributed by atoms with Crippen LogP contribution < -0.4 is 0 Å². The zero-order valence-electron chi connectivity index (χ0n) is 35.6. The Morgan fingerprint density at radius 2 is 1.11 bits per heavy atom. The number of nitriles is 1. The third-order valence-electron chi connectivity index (χ3n) is 10.4. The summed E-state index contributed by atoms with van der Waals surface area (Å²) in [5.74, 6) is -0.467. The Bertz CT molecular complexity index is 1860. The summed E-state index contributed by atoms with van der Waals surface area (Å²) in [7, 11) is 0.465. The first-order valence-corrected chi connectivity index (χ1v) is 31.7. The Hall–Kier alpha value is -1.89. The van der Waals surface area contributed by atoms with E-state index in [9.17, 15) is 10.1 Å². The van der Waals surface area contributed by atoms with Gasteiger partial charge in [0.1, 0.15) is 11.6 Å². The lowest BCUT2D eigenvalue weighted by atomic mass is 9.99. The Labute approximate surface area is 366 Å². The molecule has 4 nitrogen and oxygen atoms in total. The molecule has 0 aliphatic carbocycles. The van der Waals surface area contributed by atoms with Crippen LogP contribution >= 0.6 is 45.3 Å². The van der Waals surface area contributed by atoms with Gasteiger partial charge in [0.25, 0.3) is 0 Å². The number of thiophene rings is 4. The monoisotopic (exact) mass is 892 g/mol. The van der Waals surface area contributed by atoms with Gasteiger partial charge in [-0.1, -0.05) is 96.4 Å². The van der Waals surface area contributed by atoms with Crippen molar-refractivity contribution < 1.29 is 13.6 Å². The molecule has 0 aromatic carbocycles. The fourth-order valence-corrected chi connectivity index (χ4v) is 21.1. The Kier molecular flexibility index (Phi) is 21.0. The molecule has 3 radical (unpaired) electrons. The molecule has 309 valence electrons. The van der Waals surface area contributed by atoms with Gasteiger partial charge in [-0.15, -0.1) is 45.3 Å². The fourth-order valence-electron chi connectivity index (χ4n) is 7.41. The van der Waals surface area contributed by atoms with Crippen LogP contribution in [0.3, 0.4) is 0 Å². The second-order valence-corrected chi connectivity index (χ2v) is 30.5. The van der Waals surface area contributed by atoms with Gasteiger partial charge in [-0.2, -0.15) is 5.26 Å². The van der Waals surface area contributed by atoms with Crippen molar-refractivity contribution in [2.75, 3.05) is 6.61 Å². The molecule has 0 aliphatic rings. The second-order valence-electron chi connectivity index (χ2n) is 16.6. The highest BCUT2D eigenvalue weighted by Gasteiger charge is 2.32. The SMILES string of the molecule is CCCCCCCCOC(=O)/C(C#N)=C(\CCCCCCCCCC[Si](C)(C)O[Si](C)(C)CCC[Si])c1ccc(-c2ccc(-c3ccc(-c4ccc(C)s4)s3)s2)s1. The van der Waals surface area contributed by atoms with E-state index in [4.69, 9.17) is 8.85 Å². The molecule has 0 bridgehead atoms. The van der Waals surface area contributed by atoms with E-state index in [1.807, 2.05) is 22.7 Å². The topological polar surface area (TPSA) is 59.3 Å². The van der Waals surface area contributed by atoms with Crippen molar-refractivity contribution in [3.05, 3.63) is 63.9 Å². The van der Waals surface area contributed by atoms with Gasteiger partial charge in [0.2, 0.25) is 0 Å². The molecular weight excluding hydrogens is 827 g/mol. The van der Waals surface area contributed by atoms with E-state index < -0.39 is 22.6 Å². The number of allylic oxidation sites excluding steroid dienone is 1. The van der Waals surface area contributed by atoms with E-state index >= 15 is 0 Å². The van der Waals surface area contributed by atoms with Crippen LogP contribution in [0.5, 0.6) is 0 Å². The first kappa shape index (κ1) is 47.8. The molecule has 0 saturated carbocycles. The highest BCUT2D eigenvalue weighted by molar-refractivity contribution is 7.28. The number of nitrogens with zero attached hydrogens (tertiary/aromatic N) is 1. The van der Waals surface area contributed by atoms with Crippen molar-refractivity contribution in [3.8, 4) is 35.3 Å². The van der Waals surface area contributed by atoms with Crippen LogP contribution in [0.4, 0.5) is 0 Å². The number of esters is 1. The lowest BCUT2D eigenvalue weighted by molar-refractivity contribution is -0.138. The Balaban J connectivity index is 1.32. The highest BCUT2D eigenvalue weighted by Crippen LogP contribution is 2.44. The van der Waals surface area contributed by atoms with Crippen LogP contribution in [0, 0.1) is 18.3 Å². The molecule has 11 heteroatoms. The van der Waals surface area contributed by atoms with Crippen molar-refractivity contribution in [2.45, 2.75) is 161 Å². The van der Waals surface area contributed by atoms with E-state index in [0.29, 0.717) is 13.0 Å². The predicted molar refractivity (Wildman–Crippen MR) is 258 cm³/mol. The largest absolute Gasteiger partial charge is 0.462 e. The van der Waals surface area contributed by atoms with E-state index in [-0.39, 0.29) is 5.57 Å². The maximum Gasteiger partial charge on any atom is 0.349 e. The minimum Gasteiger partial charge on any atom is -0.462 e. The average Bonchev–Trinajstić information content (AvgIpc) is 4.01. The van der Waals surface area contributed by atoms with Gasteiger partial charge in [0.05, 0.1) is 6.61 Å². The summed E-state index contributed by atoms with van der Waals surface area (Å²) in [6.07, 6.45) is 18.2. The number of rotatable bonds is 28. The fraction of sp³-hybridized carbons (Fsp3) is 0.565. The van der Waals surface area contributed by atoms with Gasteiger partial charge in [0.15, 0.2) is 16.6 Å². The average molecular weight is 894 g/mol. The normalized spacial score (nSPS) is 12.5. The lowest BCUT2D eigenvalue weighted by Gasteiger charge is -2.34. The molecule has 0 aliphatic heterocycles. The molecule has 0 saturated heterocycles. The summed E-state index contributed by atoms with van der Waals surface area (Å²) >= 11 is 7.18. The first-order chi connectivity index (χ1) is 27.4. The van der Waals surface area contributed by atoms with Gasteiger partial charge in [-0.25, -0.2) is 4.79 Å². The van der Waals surface area contributed by atoms with Gasteiger partial charge in [-0.05, 0) is 119 Å². The van der Waals surface area contributed by atoms with E-state index in [2.05, 4.69) is 105 Å². The quantitative estimate of drug-likeness (QED) is 0.0187. The number of carbonyl (C=O) groups is 1. The molecule has 57 heavy (non-hydrogen) atoms. The number of unbranched alkanes of at least 4 members (excludes halogenated alkanes) is 12. The summed E-state index contributed by atoms with van der Waals surface area (Å²) in [6.45, 7) is 14.3. The van der Waals surface area contributed by atoms with E-state index in [0.717, 1.165) is 48.6 Å². The number of ether oxygens (including phenoxy) is 1. The molecule has 4 rings (SSSR count). The second kappa shape index (κ2) is 25.0. The van der Waals surface area contributed by atoms with Crippen molar-refractivity contribution >= 4 is 83.8 Å². The summed E-state index contributed by atoms with van der Waals surface area (Å²) in [5, 5.41) is 10.3. The van der Waals surface area contributed by atoms with E-state index in [1.165, 1.54) is 110 Å². The van der Waals surface area contributed by atoms with Crippen LogP contribution in [0.15, 0.2) is 54.1 Å². The summed E-state index contributed by atoms with van der Waals surface area (Å²) in [5.41, 5.74) is 1.03. The Morgan fingerprint density at radius 3 is 1.65 bits per heavy atom. The third kappa shape index (κ3) is 16.6. The van der Waals surface area contributed by atoms with Gasteiger partial charge in [0, 0.05) is 49.3 Å². The highest BCUT2D eigenvalue weighted by atomic mass is 32.1. The van der Waals surface area contributed by atoms with Gasteiger partial charge >= 0.3 is 5.97 Å². The Morgan fingerprint density at radius 1 is 0.632 bits per heavy atom. The summed E-state index contributed by atoms with van der Waals surface area (Å²) < 4.78 is 12.5. The van der Waals surface area contributed by atoms with Gasteiger partial charge in [-0.3, -0.25) is 0 Å². The van der Waals surface area contributed by atoms with Crippen LogP contribution in [0.1, 0.15) is 119 Å². The molecule has 4 aromatic rings. The van der Waals surface area contributed by atoms with Crippen LogP contribution in [0.2, 0.25) is 44.3 Å². The summed E-state index contributed by atoms with van der Waals surface area (Å²) in [4.78, 5) is 23.3. The standard InChI is InChI=1S/C46H66NO3S4Si3/c1-7-8-9-10-16-19-31-49-46(48)38(35-47)37(22-18-15-13-11-12-14-17-20-33-56(3,4)50-57(5,6)34-21-32-55)39-25-26-42(52-39)43-29-30-45(54-43)44-28-27-41(53-44)40-24-23-36(2)51-40/h23-30H,7-22,31-34H2,1-6H3/b38-37+. The number of carbonyl (C=O) groups excluding carboxylic acids is 1. The number of hydrogen-bond acceptors (Lipinski definition) is 8. The molecule has 0 unspecified atom stereocenters. The van der Waals surface area contributed by atoms with Gasteiger partial charge < -0.3 is 8.85 Å². The maximum atomic E-state index is 13.4. The van der Waals surface area contributed by atoms with Crippen molar-refractivity contribution in [3.63, 3.8) is 0 Å². The number of aryl methyl sites for hydroxylation is 1. The molecule has 0 fully saturated rings. The van der Waals surface area contributed by atoms with Crippen molar-refractivity contribution in [2.24, 2.45) is 0 Å². The summed E-state index contributed by atoms with van der Waals surface area (Å²) in [6, 6.07) is 23.4. The van der Waals surface area contributed by atoms with Crippen LogP contribution in [-0.4, -0.2) is 39.5 Å². The van der Waals surface area contributed by atoms with Crippen LogP contribution in [-0.2, 0) is 13.6 Å². The van der Waals surface area contributed by atoms with E-state index in [1.54, 1.807) is 22.7 Å². The predicted octanol–water partition coefficient (Wildman–Crippen LogP) is 16.3. The maximum absolute atomic E-state index is 13.4. The molecule has 0 N–H and O–H groups in total. The smallest absolute Gasteiger partial charge is 0.349 e. The molecule has 0 spiro atoms. The van der Waals surface area contributed by atoms with Crippen LogP contribution in [0.25, 0.3) is 34.8 Å². The molecular formula is C46H66NO3S4Si3. The van der Waals surface area contributed by atoms with Crippen molar-refractivity contribution in [1.82, 2.24) is 0 Å². The third-order valence-corrected chi connectivity index (χ3v) is 23.2. The zero-order chi connectivity index (χ0) is 41.1. The molecule has 0 atom stereocenters.